The van der Waals surface area contributed by atoms with Crippen LogP contribution in [0.2, 0.25) is 0 Å². The fourth-order valence-electron chi connectivity index (χ4n) is 3.13. The third-order valence-electron chi connectivity index (χ3n) is 4.32. The Morgan fingerprint density at radius 1 is 1.30 bits per heavy atom. The number of hydrazone groups is 1. The number of fused-ring (bicyclic) bond motifs is 1. The van der Waals surface area contributed by atoms with E-state index in [1.54, 1.807) is 12.1 Å². The Morgan fingerprint density at radius 2 is 1.96 bits per heavy atom. The molecule has 3 rings (SSSR count). The van der Waals surface area contributed by atoms with Crippen molar-refractivity contribution in [2.24, 2.45) is 11.0 Å². The lowest BCUT2D eigenvalue weighted by Crippen LogP contribution is -2.61. The number of amides is 1. The molecule has 1 fully saturated rings. The summed E-state index contributed by atoms with van der Waals surface area (Å²) in [4.78, 5) is 12.5. The molecule has 1 saturated carbocycles. The predicted octanol–water partition coefficient (Wildman–Crippen LogP) is 3.70. The number of alkyl halides is 3. The molecule has 0 saturated heterocycles. The lowest BCUT2D eigenvalue weighted by Gasteiger charge is -2.38. The molecule has 0 aromatic heterocycles. The molecule has 1 aromatic rings. The minimum Gasteiger partial charge on any atom is -0.362 e. The normalized spacial score (nSPS) is 27.6. The Balaban J connectivity index is 2.03. The SMILES string of the molecule is O=C(c1ccc(Br)cc1)N1N=C2CCCCC2C1(O)C(F)(F)F. The van der Waals surface area contributed by atoms with Gasteiger partial charge in [0.15, 0.2) is 0 Å². The molecule has 1 amide bonds. The predicted molar refractivity (Wildman–Crippen MR) is 80.7 cm³/mol. The van der Waals surface area contributed by atoms with Gasteiger partial charge in [-0.3, -0.25) is 4.79 Å². The smallest absolute Gasteiger partial charge is 0.362 e. The lowest BCUT2D eigenvalue weighted by atomic mass is 9.80. The Kier molecular flexibility index (Phi) is 4.00. The number of carbonyl (C=O) groups is 1. The fourth-order valence-corrected chi connectivity index (χ4v) is 3.40. The van der Waals surface area contributed by atoms with Gasteiger partial charge in [-0.15, -0.1) is 0 Å². The van der Waals surface area contributed by atoms with Crippen LogP contribution in [-0.4, -0.2) is 33.6 Å². The van der Waals surface area contributed by atoms with E-state index >= 15 is 0 Å². The van der Waals surface area contributed by atoms with Crippen molar-refractivity contribution in [3.63, 3.8) is 0 Å². The third-order valence-corrected chi connectivity index (χ3v) is 4.84. The van der Waals surface area contributed by atoms with Gasteiger partial charge >= 0.3 is 6.18 Å². The number of hydrogen-bond donors (Lipinski definition) is 1. The van der Waals surface area contributed by atoms with Crippen molar-refractivity contribution in [1.82, 2.24) is 5.01 Å². The molecular formula is C15H14BrF3N2O2. The maximum absolute atomic E-state index is 13.6. The van der Waals surface area contributed by atoms with E-state index < -0.39 is 23.7 Å². The first-order valence-electron chi connectivity index (χ1n) is 7.21. The first kappa shape index (κ1) is 16.4. The Labute approximate surface area is 139 Å². The van der Waals surface area contributed by atoms with Crippen LogP contribution in [0.4, 0.5) is 13.2 Å². The zero-order valence-electron chi connectivity index (χ0n) is 12.0. The zero-order chi connectivity index (χ0) is 16.8. The number of halogens is 4. The van der Waals surface area contributed by atoms with E-state index in [0.29, 0.717) is 23.7 Å². The molecule has 0 spiro atoms. The lowest BCUT2D eigenvalue weighted by molar-refractivity contribution is -0.312. The molecule has 1 aliphatic carbocycles. The van der Waals surface area contributed by atoms with Gasteiger partial charge in [-0.2, -0.15) is 23.3 Å². The summed E-state index contributed by atoms with van der Waals surface area (Å²) >= 11 is 3.20. The van der Waals surface area contributed by atoms with Gasteiger partial charge in [0.25, 0.3) is 11.6 Å². The Bertz CT molecular complexity index is 660. The topological polar surface area (TPSA) is 52.9 Å². The molecule has 124 valence electrons. The van der Waals surface area contributed by atoms with E-state index in [1.807, 2.05) is 0 Å². The summed E-state index contributed by atoms with van der Waals surface area (Å²) in [5, 5.41) is 14.5. The van der Waals surface area contributed by atoms with Crippen LogP contribution < -0.4 is 0 Å². The second kappa shape index (κ2) is 5.59. The number of carbonyl (C=O) groups excluding carboxylic acids is 1. The third kappa shape index (κ3) is 2.57. The van der Waals surface area contributed by atoms with E-state index in [9.17, 15) is 23.1 Å². The number of aliphatic hydroxyl groups is 1. The van der Waals surface area contributed by atoms with Crippen LogP contribution in [0.5, 0.6) is 0 Å². The number of nitrogens with zero attached hydrogens (tertiary/aromatic N) is 2. The molecule has 1 heterocycles. The molecule has 2 atom stereocenters. The summed E-state index contributed by atoms with van der Waals surface area (Å²) in [6.45, 7) is 0. The molecule has 23 heavy (non-hydrogen) atoms. The zero-order valence-corrected chi connectivity index (χ0v) is 13.6. The van der Waals surface area contributed by atoms with E-state index in [2.05, 4.69) is 21.0 Å². The van der Waals surface area contributed by atoms with Crippen molar-refractivity contribution in [2.75, 3.05) is 0 Å². The summed E-state index contributed by atoms with van der Waals surface area (Å²) in [6.07, 6.45) is -3.16. The van der Waals surface area contributed by atoms with Crippen molar-refractivity contribution in [2.45, 2.75) is 37.6 Å². The van der Waals surface area contributed by atoms with E-state index in [-0.39, 0.29) is 22.7 Å². The van der Waals surface area contributed by atoms with Crippen molar-refractivity contribution in [3.05, 3.63) is 34.3 Å². The van der Waals surface area contributed by atoms with Gasteiger partial charge in [-0.05, 0) is 43.5 Å². The molecule has 2 aliphatic rings. The molecule has 4 nitrogen and oxygen atoms in total. The van der Waals surface area contributed by atoms with Crippen LogP contribution in [0.3, 0.4) is 0 Å². The molecule has 1 aliphatic heterocycles. The van der Waals surface area contributed by atoms with Gasteiger partial charge in [0.2, 0.25) is 0 Å². The van der Waals surface area contributed by atoms with Gasteiger partial charge in [-0.25, -0.2) is 0 Å². The van der Waals surface area contributed by atoms with Crippen LogP contribution in [0.15, 0.2) is 33.8 Å². The minimum atomic E-state index is -4.98. The van der Waals surface area contributed by atoms with Crippen LogP contribution in [0, 0.1) is 5.92 Å². The summed E-state index contributed by atoms with van der Waals surface area (Å²) in [7, 11) is 0. The molecule has 8 heteroatoms. The average Bonchev–Trinajstić information content (AvgIpc) is 2.82. The van der Waals surface area contributed by atoms with Gasteiger partial charge in [0, 0.05) is 15.7 Å². The highest BCUT2D eigenvalue weighted by Crippen LogP contribution is 2.48. The highest BCUT2D eigenvalue weighted by Gasteiger charge is 2.68. The quantitative estimate of drug-likeness (QED) is 0.794. The number of benzene rings is 1. The molecular weight excluding hydrogens is 377 g/mol. The molecule has 1 N–H and O–H groups in total. The van der Waals surface area contributed by atoms with E-state index in [4.69, 9.17) is 0 Å². The Morgan fingerprint density at radius 3 is 2.57 bits per heavy atom. The second-order valence-electron chi connectivity index (χ2n) is 5.74. The monoisotopic (exact) mass is 390 g/mol. The second-order valence-corrected chi connectivity index (χ2v) is 6.65. The maximum Gasteiger partial charge on any atom is 0.439 e. The highest BCUT2D eigenvalue weighted by molar-refractivity contribution is 9.10. The standard InChI is InChI=1S/C15H14BrF3N2O2/c16-10-7-5-9(6-8-10)13(22)21-14(23,15(17,18)19)11-3-1-2-4-12(11)20-21/h5-8,11,23H,1-4H2. The van der Waals surface area contributed by atoms with Gasteiger partial charge < -0.3 is 5.11 Å². The van der Waals surface area contributed by atoms with Crippen molar-refractivity contribution < 1.29 is 23.1 Å². The van der Waals surface area contributed by atoms with Gasteiger partial charge in [0.05, 0.1) is 5.92 Å². The summed E-state index contributed by atoms with van der Waals surface area (Å²) in [6, 6.07) is 5.89. The van der Waals surface area contributed by atoms with Crippen LogP contribution in [-0.2, 0) is 0 Å². The van der Waals surface area contributed by atoms with Crippen molar-refractivity contribution in [1.29, 1.82) is 0 Å². The van der Waals surface area contributed by atoms with Gasteiger partial charge in [-0.1, -0.05) is 22.4 Å². The van der Waals surface area contributed by atoms with E-state index in [1.165, 1.54) is 12.1 Å². The molecule has 1 aromatic carbocycles. The first-order valence-corrected chi connectivity index (χ1v) is 8.01. The maximum atomic E-state index is 13.6. The van der Waals surface area contributed by atoms with Crippen molar-refractivity contribution >= 4 is 27.5 Å². The first-order chi connectivity index (χ1) is 10.7. The highest BCUT2D eigenvalue weighted by atomic mass is 79.9. The van der Waals surface area contributed by atoms with E-state index in [0.717, 1.165) is 0 Å². The van der Waals surface area contributed by atoms with Gasteiger partial charge in [0.1, 0.15) is 0 Å². The summed E-state index contributed by atoms with van der Waals surface area (Å²) in [5.74, 6) is -2.14. The van der Waals surface area contributed by atoms with Crippen LogP contribution in [0.25, 0.3) is 0 Å². The molecule has 0 radical (unpaired) electrons. The number of hydrogen-bond acceptors (Lipinski definition) is 3. The van der Waals surface area contributed by atoms with Crippen LogP contribution >= 0.6 is 15.9 Å². The van der Waals surface area contributed by atoms with Crippen molar-refractivity contribution in [3.8, 4) is 0 Å². The Hall–Kier alpha value is -1.41. The largest absolute Gasteiger partial charge is 0.439 e. The number of rotatable bonds is 1. The molecule has 2 unspecified atom stereocenters. The average molecular weight is 391 g/mol. The fraction of sp³-hybridized carbons (Fsp3) is 0.467. The minimum absolute atomic E-state index is 0.0406. The molecule has 0 bridgehead atoms. The summed E-state index contributed by atoms with van der Waals surface area (Å²) < 4.78 is 41.4. The summed E-state index contributed by atoms with van der Waals surface area (Å²) in [5.41, 5.74) is -2.98. The van der Waals surface area contributed by atoms with Crippen LogP contribution in [0.1, 0.15) is 36.0 Å².